The Labute approximate surface area is 137 Å². The maximum atomic E-state index is 15.0. The molecule has 0 bridgehead atoms. The normalized spacial score (nSPS) is 17.4. The summed E-state index contributed by atoms with van der Waals surface area (Å²) >= 11 is 1.14. The van der Waals surface area contributed by atoms with E-state index in [1.807, 2.05) is 12.1 Å². The second-order valence-corrected chi connectivity index (χ2v) is 7.53. The zero-order chi connectivity index (χ0) is 16.1. The van der Waals surface area contributed by atoms with Gasteiger partial charge in [0, 0.05) is 16.3 Å². The third-order valence-electron chi connectivity index (χ3n) is 5.08. The standard InChI is InChI=1S/C19H18F2OS/c1-10-6-7-12-13-8-9-14(17(22)11-4-2-3-5-11)16(21)19(13)23-18(12)15(10)20/h6-9,11,17,22H,2-5H2,1H3. The topological polar surface area (TPSA) is 20.2 Å². The lowest BCUT2D eigenvalue weighted by atomic mass is 9.93. The van der Waals surface area contributed by atoms with E-state index >= 15 is 0 Å². The Balaban J connectivity index is 1.91. The molecule has 0 radical (unpaired) electrons. The summed E-state index contributed by atoms with van der Waals surface area (Å²) in [6, 6.07) is 7.06. The van der Waals surface area contributed by atoms with Gasteiger partial charge in [0.2, 0.25) is 0 Å². The Hall–Kier alpha value is -1.52. The monoisotopic (exact) mass is 332 g/mol. The Kier molecular flexibility index (Phi) is 3.62. The summed E-state index contributed by atoms with van der Waals surface area (Å²) in [6.45, 7) is 1.71. The SMILES string of the molecule is Cc1ccc2c(sc3c(F)c(C(O)C4CCCC4)ccc32)c1F. The minimum atomic E-state index is -0.765. The second kappa shape index (κ2) is 5.53. The predicted octanol–water partition coefficient (Wildman–Crippen LogP) is 5.86. The van der Waals surface area contributed by atoms with Crippen molar-refractivity contribution < 1.29 is 13.9 Å². The Morgan fingerprint density at radius 2 is 1.61 bits per heavy atom. The van der Waals surface area contributed by atoms with E-state index < -0.39 is 6.10 Å². The summed E-state index contributed by atoms with van der Waals surface area (Å²) in [7, 11) is 0. The first-order valence-corrected chi connectivity index (χ1v) is 8.87. The lowest BCUT2D eigenvalue weighted by Gasteiger charge is -2.18. The van der Waals surface area contributed by atoms with Gasteiger partial charge in [0.1, 0.15) is 11.6 Å². The predicted molar refractivity (Wildman–Crippen MR) is 90.9 cm³/mol. The maximum absolute atomic E-state index is 15.0. The zero-order valence-corrected chi connectivity index (χ0v) is 13.7. The van der Waals surface area contributed by atoms with Gasteiger partial charge in [-0.05, 0) is 31.2 Å². The molecule has 1 nitrogen and oxygen atoms in total. The van der Waals surface area contributed by atoms with E-state index in [4.69, 9.17) is 0 Å². The summed E-state index contributed by atoms with van der Waals surface area (Å²) in [5.74, 6) is -0.531. The molecule has 0 spiro atoms. The fourth-order valence-electron chi connectivity index (χ4n) is 3.71. The Morgan fingerprint density at radius 1 is 1.00 bits per heavy atom. The number of benzene rings is 2. The van der Waals surface area contributed by atoms with Gasteiger partial charge in [-0.25, -0.2) is 8.78 Å². The van der Waals surface area contributed by atoms with Gasteiger partial charge in [0.05, 0.1) is 15.5 Å². The van der Waals surface area contributed by atoms with Gasteiger partial charge in [-0.3, -0.25) is 0 Å². The number of aliphatic hydroxyl groups is 1. The van der Waals surface area contributed by atoms with Gasteiger partial charge < -0.3 is 5.11 Å². The van der Waals surface area contributed by atoms with Crippen molar-refractivity contribution in [3.05, 3.63) is 47.0 Å². The highest BCUT2D eigenvalue weighted by Gasteiger charge is 2.28. The van der Waals surface area contributed by atoms with Gasteiger partial charge in [-0.15, -0.1) is 11.3 Å². The molecule has 1 aliphatic carbocycles. The number of hydrogen-bond donors (Lipinski definition) is 1. The van der Waals surface area contributed by atoms with Crippen molar-refractivity contribution in [1.82, 2.24) is 0 Å². The molecule has 1 aromatic heterocycles. The summed E-state index contributed by atoms with van der Waals surface area (Å²) in [6.07, 6.45) is 3.31. The molecular weight excluding hydrogens is 314 g/mol. The smallest absolute Gasteiger partial charge is 0.146 e. The van der Waals surface area contributed by atoms with E-state index in [0.29, 0.717) is 20.5 Å². The second-order valence-electron chi connectivity index (χ2n) is 6.51. The van der Waals surface area contributed by atoms with E-state index in [-0.39, 0.29) is 17.6 Å². The molecule has 4 heteroatoms. The summed E-state index contributed by atoms with van der Waals surface area (Å²) in [5, 5.41) is 12.0. The Bertz CT molecular complexity index is 893. The number of aliphatic hydroxyl groups excluding tert-OH is 1. The molecule has 0 amide bonds. The first-order valence-electron chi connectivity index (χ1n) is 8.05. The average molecular weight is 332 g/mol. The van der Waals surface area contributed by atoms with Crippen LogP contribution >= 0.6 is 11.3 Å². The van der Waals surface area contributed by atoms with E-state index in [0.717, 1.165) is 47.8 Å². The number of rotatable bonds is 2. The molecule has 1 unspecified atom stereocenters. The van der Waals surface area contributed by atoms with E-state index in [1.54, 1.807) is 19.1 Å². The first kappa shape index (κ1) is 15.0. The van der Waals surface area contributed by atoms with Crippen LogP contribution in [0.1, 0.15) is 42.9 Å². The molecule has 1 saturated carbocycles. The molecule has 0 aliphatic heterocycles. The van der Waals surface area contributed by atoms with E-state index in [9.17, 15) is 13.9 Å². The molecule has 1 atom stereocenters. The van der Waals surface area contributed by atoms with Crippen LogP contribution < -0.4 is 0 Å². The van der Waals surface area contributed by atoms with Crippen molar-refractivity contribution in [1.29, 1.82) is 0 Å². The van der Waals surface area contributed by atoms with Crippen molar-refractivity contribution in [2.75, 3.05) is 0 Å². The lowest BCUT2D eigenvalue weighted by Crippen LogP contribution is -2.10. The first-order chi connectivity index (χ1) is 11.1. The minimum Gasteiger partial charge on any atom is -0.388 e. The Morgan fingerprint density at radius 3 is 2.30 bits per heavy atom. The van der Waals surface area contributed by atoms with Crippen molar-refractivity contribution in [3.8, 4) is 0 Å². The van der Waals surface area contributed by atoms with Crippen molar-refractivity contribution in [3.63, 3.8) is 0 Å². The molecule has 1 fully saturated rings. The van der Waals surface area contributed by atoms with Crippen LogP contribution in [0.25, 0.3) is 20.2 Å². The van der Waals surface area contributed by atoms with Crippen LogP contribution in [0.3, 0.4) is 0 Å². The summed E-state index contributed by atoms with van der Waals surface area (Å²) < 4.78 is 30.2. The maximum Gasteiger partial charge on any atom is 0.146 e. The number of halogens is 2. The molecule has 23 heavy (non-hydrogen) atoms. The molecule has 3 aromatic rings. The van der Waals surface area contributed by atoms with Crippen LogP contribution in [0.2, 0.25) is 0 Å². The van der Waals surface area contributed by atoms with Crippen LogP contribution in [0.15, 0.2) is 24.3 Å². The number of thiophene rings is 1. The van der Waals surface area contributed by atoms with Crippen molar-refractivity contribution in [2.24, 2.45) is 5.92 Å². The van der Waals surface area contributed by atoms with Crippen LogP contribution in [-0.4, -0.2) is 5.11 Å². The number of aryl methyl sites for hydroxylation is 1. The van der Waals surface area contributed by atoms with E-state index in [2.05, 4.69) is 0 Å². The third kappa shape index (κ3) is 2.27. The number of fused-ring (bicyclic) bond motifs is 3. The molecule has 0 saturated heterocycles. The largest absolute Gasteiger partial charge is 0.388 e. The van der Waals surface area contributed by atoms with Crippen molar-refractivity contribution in [2.45, 2.75) is 38.7 Å². The van der Waals surface area contributed by atoms with E-state index in [1.165, 1.54) is 0 Å². The van der Waals surface area contributed by atoms with Gasteiger partial charge in [-0.1, -0.05) is 37.1 Å². The molecule has 120 valence electrons. The van der Waals surface area contributed by atoms with Crippen LogP contribution in [0, 0.1) is 24.5 Å². The van der Waals surface area contributed by atoms with Crippen LogP contribution in [-0.2, 0) is 0 Å². The molecule has 1 heterocycles. The summed E-state index contributed by atoms with van der Waals surface area (Å²) in [5.41, 5.74) is 0.920. The minimum absolute atomic E-state index is 0.135. The lowest BCUT2D eigenvalue weighted by molar-refractivity contribution is 0.108. The molecular formula is C19H18F2OS. The highest BCUT2D eigenvalue weighted by molar-refractivity contribution is 7.25. The van der Waals surface area contributed by atoms with Gasteiger partial charge in [0.25, 0.3) is 0 Å². The van der Waals surface area contributed by atoms with Gasteiger partial charge >= 0.3 is 0 Å². The molecule has 1 aliphatic rings. The van der Waals surface area contributed by atoms with Gasteiger partial charge in [0.15, 0.2) is 0 Å². The van der Waals surface area contributed by atoms with Crippen molar-refractivity contribution >= 4 is 31.5 Å². The van der Waals surface area contributed by atoms with Crippen LogP contribution in [0.4, 0.5) is 8.78 Å². The molecule has 4 rings (SSSR count). The molecule has 1 N–H and O–H groups in total. The summed E-state index contributed by atoms with van der Waals surface area (Å²) in [4.78, 5) is 0. The zero-order valence-electron chi connectivity index (χ0n) is 12.9. The fraction of sp³-hybridized carbons (Fsp3) is 0.368. The number of hydrogen-bond acceptors (Lipinski definition) is 2. The fourth-order valence-corrected chi connectivity index (χ4v) is 4.95. The average Bonchev–Trinajstić information content (AvgIpc) is 3.19. The molecule has 2 aromatic carbocycles. The quantitative estimate of drug-likeness (QED) is 0.623. The third-order valence-corrected chi connectivity index (χ3v) is 6.28. The van der Waals surface area contributed by atoms with Crippen LogP contribution in [0.5, 0.6) is 0 Å². The highest BCUT2D eigenvalue weighted by atomic mass is 32.1. The van der Waals surface area contributed by atoms with Gasteiger partial charge in [-0.2, -0.15) is 0 Å². The highest BCUT2D eigenvalue weighted by Crippen LogP contribution is 2.42.